The molecule has 0 saturated carbocycles. The van der Waals surface area contributed by atoms with E-state index in [1.54, 1.807) is 0 Å². The Bertz CT molecular complexity index is 633. The SMILES string of the molecule is CN[C@@H]1Cc2ccccc2[C@H]1Sc1ccc(Cl)c(Cl)c1.Cl. The van der Waals surface area contributed by atoms with E-state index in [0.717, 1.165) is 11.3 Å². The van der Waals surface area contributed by atoms with Gasteiger partial charge in [0.2, 0.25) is 0 Å². The van der Waals surface area contributed by atoms with Gasteiger partial charge >= 0.3 is 0 Å². The minimum Gasteiger partial charge on any atom is -0.315 e. The van der Waals surface area contributed by atoms with Crippen LogP contribution in [0, 0.1) is 0 Å². The summed E-state index contributed by atoms with van der Waals surface area (Å²) in [4.78, 5) is 1.15. The number of fused-ring (bicyclic) bond motifs is 1. The molecule has 1 N–H and O–H groups in total. The highest BCUT2D eigenvalue weighted by Gasteiger charge is 2.31. The van der Waals surface area contributed by atoms with Crippen LogP contribution < -0.4 is 5.32 Å². The summed E-state index contributed by atoms with van der Waals surface area (Å²) >= 11 is 13.9. The summed E-state index contributed by atoms with van der Waals surface area (Å²) in [5, 5.41) is 5.06. The summed E-state index contributed by atoms with van der Waals surface area (Å²) in [6, 6.07) is 15.0. The Labute approximate surface area is 145 Å². The maximum absolute atomic E-state index is 6.11. The number of hydrogen-bond donors (Lipinski definition) is 1. The number of halogens is 3. The van der Waals surface area contributed by atoms with Crippen molar-refractivity contribution in [2.75, 3.05) is 7.05 Å². The van der Waals surface area contributed by atoms with E-state index in [2.05, 4.69) is 29.6 Å². The number of likely N-dealkylation sites (N-methyl/N-ethyl adjacent to an activating group) is 1. The van der Waals surface area contributed by atoms with Gasteiger partial charge in [0.1, 0.15) is 0 Å². The Morgan fingerprint density at radius 3 is 2.57 bits per heavy atom. The van der Waals surface area contributed by atoms with Gasteiger partial charge in [-0.15, -0.1) is 24.2 Å². The largest absolute Gasteiger partial charge is 0.315 e. The Morgan fingerprint density at radius 2 is 1.86 bits per heavy atom. The van der Waals surface area contributed by atoms with Crippen LogP contribution >= 0.6 is 47.4 Å². The molecule has 1 nitrogen and oxygen atoms in total. The fourth-order valence-corrected chi connectivity index (χ4v) is 4.40. The Hall–Kier alpha value is -0.380. The first-order valence-electron chi connectivity index (χ1n) is 6.56. The topological polar surface area (TPSA) is 12.0 Å². The lowest BCUT2D eigenvalue weighted by molar-refractivity contribution is 0.584. The average molecular weight is 361 g/mol. The van der Waals surface area contributed by atoms with E-state index in [4.69, 9.17) is 23.2 Å². The summed E-state index contributed by atoms with van der Waals surface area (Å²) in [5.41, 5.74) is 2.85. The molecule has 0 heterocycles. The number of hydrogen-bond acceptors (Lipinski definition) is 2. The van der Waals surface area contributed by atoms with Gasteiger partial charge in [0.25, 0.3) is 0 Å². The van der Waals surface area contributed by atoms with Gasteiger partial charge in [-0.1, -0.05) is 47.5 Å². The van der Waals surface area contributed by atoms with Crippen molar-refractivity contribution >= 4 is 47.4 Å². The minimum atomic E-state index is 0. The Kier molecular flexibility index (Phi) is 5.87. The second-order valence-corrected chi connectivity index (χ2v) is 6.94. The maximum atomic E-state index is 6.11. The van der Waals surface area contributed by atoms with Crippen LogP contribution in [0.2, 0.25) is 10.0 Å². The third kappa shape index (κ3) is 3.52. The van der Waals surface area contributed by atoms with Crippen molar-refractivity contribution in [3.05, 3.63) is 63.6 Å². The third-order valence-corrected chi connectivity index (χ3v) is 5.79. The fourth-order valence-electron chi connectivity index (χ4n) is 2.65. The summed E-state index contributed by atoms with van der Waals surface area (Å²) in [6.07, 6.45) is 1.08. The molecule has 0 aliphatic heterocycles. The Morgan fingerprint density at radius 1 is 1.10 bits per heavy atom. The third-order valence-electron chi connectivity index (χ3n) is 3.69. The molecule has 0 bridgehead atoms. The molecule has 0 fully saturated rings. The first kappa shape index (κ1) is 17.0. The molecule has 1 aliphatic carbocycles. The smallest absolute Gasteiger partial charge is 0.0603 e. The van der Waals surface area contributed by atoms with Gasteiger partial charge in [-0.3, -0.25) is 0 Å². The van der Waals surface area contributed by atoms with E-state index in [1.807, 2.05) is 37.0 Å². The van der Waals surface area contributed by atoms with Gasteiger partial charge in [-0.25, -0.2) is 0 Å². The van der Waals surface area contributed by atoms with Crippen molar-refractivity contribution in [2.24, 2.45) is 0 Å². The van der Waals surface area contributed by atoms with Gasteiger partial charge < -0.3 is 5.32 Å². The average Bonchev–Trinajstić information content (AvgIpc) is 2.81. The van der Waals surface area contributed by atoms with E-state index < -0.39 is 0 Å². The molecule has 3 rings (SSSR count). The quantitative estimate of drug-likeness (QED) is 0.787. The predicted octanol–water partition coefficient (Wildman–Crippen LogP) is 5.39. The zero-order valence-corrected chi connectivity index (χ0v) is 14.6. The number of benzene rings is 2. The molecule has 1 aliphatic rings. The van der Waals surface area contributed by atoms with Crippen molar-refractivity contribution < 1.29 is 0 Å². The summed E-state index contributed by atoms with van der Waals surface area (Å²) in [5.74, 6) is 0. The minimum absolute atomic E-state index is 0. The lowest BCUT2D eigenvalue weighted by Gasteiger charge is -2.19. The molecule has 0 unspecified atom stereocenters. The van der Waals surface area contributed by atoms with Crippen LogP contribution in [0.15, 0.2) is 47.4 Å². The molecule has 21 heavy (non-hydrogen) atoms. The van der Waals surface area contributed by atoms with Gasteiger partial charge in [-0.2, -0.15) is 0 Å². The van der Waals surface area contributed by atoms with Crippen LogP contribution in [0.25, 0.3) is 0 Å². The fraction of sp³-hybridized carbons (Fsp3) is 0.250. The molecule has 0 amide bonds. The van der Waals surface area contributed by atoms with Crippen molar-refractivity contribution in [3.8, 4) is 0 Å². The molecule has 112 valence electrons. The van der Waals surface area contributed by atoms with E-state index >= 15 is 0 Å². The lowest BCUT2D eigenvalue weighted by atomic mass is 10.1. The van der Waals surface area contributed by atoms with Crippen molar-refractivity contribution in [3.63, 3.8) is 0 Å². The first-order valence-corrected chi connectivity index (χ1v) is 8.19. The standard InChI is InChI=1S/C16H15Cl2NS.ClH/c1-19-15-8-10-4-2-3-5-12(10)16(15)20-11-6-7-13(17)14(18)9-11;/h2-7,9,15-16,19H,8H2,1H3;1H/t15-,16-;/m1./s1. The predicted molar refractivity (Wildman–Crippen MR) is 95.3 cm³/mol. The van der Waals surface area contributed by atoms with Crippen molar-refractivity contribution in [2.45, 2.75) is 22.6 Å². The molecule has 2 atom stereocenters. The van der Waals surface area contributed by atoms with Crippen LogP contribution in [0.1, 0.15) is 16.4 Å². The molecule has 0 aromatic heterocycles. The zero-order chi connectivity index (χ0) is 14.1. The van der Waals surface area contributed by atoms with Gasteiger partial charge in [0.15, 0.2) is 0 Å². The highest BCUT2D eigenvalue weighted by molar-refractivity contribution is 7.99. The maximum Gasteiger partial charge on any atom is 0.0603 e. The zero-order valence-electron chi connectivity index (χ0n) is 11.5. The normalized spacial score (nSPS) is 20.0. The highest BCUT2D eigenvalue weighted by Crippen LogP contribution is 2.45. The van der Waals surface area contributed by atoms with E-state index in [9.17, 15) is 0 Å². The highest BCUT2D eigenvalue weighted by atomic mass is 35.5. The first-order chi connectivity index (χ1) is 9.69. The number of thioether (sulfide) groups is 1. The van der Waals surface area contributed by atoms with Crippen LogP contribution in [-0.2, 0) is 6.42 Å². The van der Waals surface area contributed by atoms with Gasteiger partial charge in [0.05, 0.1) is 15.3 Å². The summed E-state index contributed by atoms with van der Waals surface area (Å²) in [7, 11) is 2.03. The number of rotatable bonds is 3. The van der Waals surface area contributed by atoms with Crippen LogP contribution in [-0.4, -0.2) is 13.1 Å². The molecule has 5 heteroatoms. The summed E-state index contributed by atoms with van der Waals surface area (Å²) < 4.78 is 0. The molecule has 2 aromatic rings. The molecular weight excluding hydrogens is 345 g/mol. The second kappa shape index (κ2) is 7.26. The molecule has 2 aromatic carbocycles. The molecular formula is C16H16Cl3NS. The lowest BCUT2D eigenvalue weighted by Crippen LogP contribution is -2.27. The monoisotopic (exact) mass is 359 g/mol. The van der Waals surface area contributed by atoms with Crippen molar-refractivity contribution in [1.82, 2.24) is 5.32 Å². The molecule has 0 radical (unpaired) electrons. The van der Waals surface area contributed by atoms with E-state index in [1.165, 1.54) is 11.1 Å². The van der Waals surface area contributed by atoms with Crippen LogP contribution in [0.5, 0.6) is 0 Å². The molecule has 0 saturated heterocycles. The Balaban J connectivity index is 0.00000161. The number of nitrogens with one attached hydrogen (secondary N) is 1. The van der Waals surface area contributed by atoms with Crippen LogP contribution in [0.4, 0.5) is 0 Å². The van der Waals surface area contributed by atoms with E-state index in [0.29, 0.717) is 21.3 Å². The summed E-state index contributed by atoms with van der Waals surface area (Å²) in [6.45, 7) is 0. The van der Waals surface area contributed by atoms with E-state index in [-0.39, 0.29) is 12.4 Å². The molecule has 0 spiro atoms. The van der Waals surface area contributed by atoms with Crippen LogP contribution in [0.3, 0.4) is 0 Å². The van der Waals surface area contributed by atoms with Gasteiger partial charge in [0, 0.05) is 10.9 Å². The van der Waals surface area contributed by atoms with Gasteiger partial charge in [-0.05, 0) is 42.8 Å². The second-order valence-electron chi connectivity index (χ2n) is 4.91. The van der Waals surface area contributed by atoms with Crippen molar-refractivity contribution in [1.29, 1.82) is 0 Å².